The van der Waals surface area contributed by atoms with Crippen molar-refractivity contribution in [1.82, 2.24) is 19.8 Å². The Bertz CT molecular complexity index is 941. The van der Waals surface area contributed by atoms with Crippen LogP contribution in [0.1, 0.15) is 29.9 Å². The second-order valence-corrected chi connectivity index (χ2v) is 8.95. The van der Waals surface area contributed by atoms with E-state index in [1.54, 1.807) is 6.20 Å². The largest absolute Gasteiger partial charge is 0.336 e. The second-order valence-electron chi connectivity index (χ2n) is 6.54. The maximum atomic E-state index is 12.6. The molecule has 8 heteroatoms. The standard InChI is InChI=1S/C20H20BrN5OS.C2H6/c21-17-13-22-20(28-17)24-18-8-4-7-16(23-18)14-25-9-11-26(12-10-25)19(27)15-5-2-1-3-6-15;1-2/h1-8,13H,9-12,14H2,(H,22,23,24);1-2H3. The SMILES string of the molecule is CC.O=C(c1ccccc1)N1CCN(Cc2cccc(Nc3ncc(Br)s3)n2)CC1. The Kier molecular flexibility index (Phi) is 8.36. The maximum Gasteiger partial charge on any atom is 0.253 e. The van der Waals surface area contributed by atoms with E-state index in [0.29, 0.717) is 0 Å². The molecule has 0 radical (unpaired) electrons. The van der Waals surface area contributed by atoms with E-state index < -0.39 is 0 Å². The summed E-state index contributed by atoms with van der Waals surface area (Å²) in [7, 11) is 0. The Morgan fingerprint density at radius 1 is 1.07 bits per heavy atom. The Balaban J connectivity index is 0.00000124. The summed E-state index contributed by atoms with van der Waals surface area (Å²) >= 11 is 4.95. The Morgan fingerprint density at radius 3 is 2.47 bits per heavy atom. The summed E-state index contributed by atoms with van der Waals surface area (Å²) < 4.78 is 0.981. The third kappa shape index (κ3) is 6.10. The van der Waals surface area contributed by atoms with Gasteiger partial charge in [0, 0.05) is 38.3 Å². The average Bonchev–Trinajstić information content (AvgIpc) is 3.20. The molecule has 0 atom stereocenters. The molecule has 0 aliphatic carbocycles. The maximum absolute atomic E-state index is 12.6. The van der Waals surface area contributed by atoms with Gasteiger partial charge >= 0.3 is 0 Å². The highest BCUT2D eigenvalue weighted by Gasteiger charge is 2.22. The first-order valence-corrected chi connectivity index (χ1v) is 11.7. The first-order valence-electron chi connectivity index (χ1n) is 10.1. The molecule has 158 valence electrons. The molecule has 0 spiro atoms. The third-order valence-corrected chi connectivity index (χ3v) is 5.98. The lowest BCUT2D eigenvalue weighted by Gasteiger charge is -2.34. The van der Waals surface area contributed by atoms with E-state index in [2.05, 4.69) is 31.1 Å². The van der Waals surface area contributed by atoms with Crippen molar-refractivity contribution >= 4 is 44.1 Å². The summed E-state index contributed by atoms with van der Waals surface area (Å²) in [5.41, 5.74) is 1.76. The summed E-state index contributed by atoms with van der Waals surface area (Å²) in [5.74, 6) is 0.899. The van der Waals surface area contributed by atoms with E-state index in [0.717, 1.165) is 58.7 Å². The van der Waals surface area contributed by atoms with E-state index in [4.69, 9.17) is 4.98 Å². The summed E-state index contributed by atoms with van der Waals surface area (Å²) in [6, 6.07) is 15.5. The molecule has 1 aliphatic rings. The molecule has 3 heterocycles. The molecule has 6 nitrogen and oxygen atoms in total. The van der Waals surface area contributed by atoms with Crippen molar-refractivity contribution < 1.29 is 4.79 Å². The van der Waals surface area contributed by atoms with Gasteiger partial charge < -0.3 is 10.2 Å². The molecule has 1 amide bonds. The minimum absolute atomic E-state index is 0.110. The predicted molar refractivity (Wildman–Crippen MR) is 126 cm³/mol. The second kappa shape index (κ2) is 11.2. The fourth-order valence-corrected chi connectivity index (χ4v) is 4.27. The highest BCUT2D eigenvalue weighted by atomic mass is 79.9. The molecule has 0 bridgehead atoms. The van der Waals surface area contributed by atoms with Gasteiger partial charge in [-0.2, -0.15) is 0 Å². The van der Waals surface area contributed by atoms with Gasteiger partial charge in [-0.25, -0.2) is 9.97 Å². The van der Waals surface area contributed by atoms with Crippen LogP contribution in [0, 0.1) is 0 Å². The lowest BCUT2D eigenvalue weighted by atomic mass is 10.2. The van der Waals surface area contributed by atoms with E-state index in [1.807, 2.05) is 67.3 Å². The number of anilines is 2. The Hall–Kier alpha value is -2.29. The van der Waals surface area contributed by atoms with Crippen molar-refractivity contribution in [3.8, 4) is 0 Å². The number of aromatic nitrogens is 2. The predicted octanol–water partition coefficient (Wildman–Crippen LogP) is 5.03. The molecule has 30 heavy (non-hydrogen) atoms. The number of nitrogens with zero attached hydrogens (tertiary/aromatic N) is 4. The number of benzene rings is 1. The van der Waals surface area contributed by atoms with Gasteiger partial charge in [0.05, 0.1) is 15.7 Å². The number of carbonyl (C=O) groups is 1. The van der Waals surface area contributed by atoms with Crippen molar-refractivity contribution in [3.63, 3.8) is 0 Å². The number of rotatable bonds is 5. The van der Waals surface area contributed by atoms with Crippen molar-refractivity contribution in [3.05, 3.63) is 69.8 Å². The molecular weight excluding hydrogens is 462 g/mol. The van der Waals surface area contributed by atoms with Gasteiger partial charge in [-0.05, 0) is 40.2 Å². The quantitative estimate of drug-likeness (QED) is 0.546. The minimum Gasteiger partial charge on any atom is -0.336 e. The van der Waals surface area contributed by atoms with E-state index >= 15 is 0 Å². The zero-order chi connectivity index (χ0) is 21.3. The van der Waals surface area contributed by atoms with Crippen LogP contribution in [0.4, 0.5) is 10.9 Å². The smallest absolute Gasteiger partial charge is 0.253 e. The summed E-state index contributed by atoms with van der Waals surface area (Å²) in [6.45, 7) is 7.93. The number of thiazole rings is 1. The molecule has 2 aromatic heterocycles. The van der Waals surface area contributed by atoms with Crippen LogP contribution in [-0.2, 0) is 6.54 Å². The molecule has 0 saturated carbocycles. The van der Waals surface area contributed by atoms with Gasteiger partial charge in [0.25, 0.3) is 5.91 Å². The zero-order valence-corrected chi connectivity index (χ0v) is 19.6. The fraction of sp³-hybridized carbons (Fsp3) is 0.318. The third-order valence-electron chi connectivity index (χ3n) is 4.59. The number of hydrogen-bond donors (Lipinski definition) is 1. The molecule has 4 rings (SSSR count). The van der Waals surface area contributed by atoms with Crippen LogP contribution in [0.3, 0.4) is 0 Å². The number of halogens is 1. The first kappa shape index (κ1) is 22.4. The molecule has 0 unspecified atom stereocenters. The highest BCUT2D eigenvalue weighted by Crippen LogP contribution is 2.25. The van der Waals surface area contributed by atoms with Crippen LogP contribution < -0.4 is 5.32 Å². The van der Waals surface area contributed by atoms with Crippen molar-refractivity contribution in [2.75, 3.05) is 31.5 Å². The zero-order valence-electron chi connectivity index (χ0n) is 17.2. The average molecular weight is 488 g/mol. The summed E-state index contributed by atoms with van der Waals surface area (Å²) in [5, 5.41) is 4.05. The number of hydrogen-bond acceptors (Lipinski definition) is 6. The van der Waals surface area contributed by atoms with Crippen molar-refractivity contribution in [1.29, 1.82) is 0 Å². The normalized spacial score (nSPS) is 14.0. The van der Waals surface area contributed by atoms with Gasteiger partial charge in [0.15, 0.2) is 5.13 Å². The molecular formula is C22H26BrN5OS. The fourth-order valence-electron chi connectivity index (χ4n) is 3.16. The van der Waals surface area contributed by atoms with Gasteiger partial charge in [-0.3, -0.25) is 9.69 Å². The van der Waals surface area contributed by atoms with E-state index in [-0.39, 0.29) is 5.91 Å². The van der Waals surface area contributed by atoms with Crippen LogP contribution in [0.5, 0.6) is 0 Å². The highest BCUT2D eigenvalue weighted by molar-refractivity contribution is 9.11. The number of carbonyl (C=O) groups excluding carboxylic acids is 1. The topological polar surface area (TPSA) is 61.4 Å². The van der Waals surface area contributed by atoms with E-state index in [9.17, 15) is 4.79 Å². The van der Waals surface area contributed by atoms with Crippen LogP contribution >= 0.6 is 27.3 Å². The molecule has 1 saturated heterocycles. The molecule has 1 fully saturated rings. The van der Waals surface area contributed by atoms with Gasteiger partial charge in [-0.1, -0.05) is 49.4 Å². The number of nitrogens with one attached hydrogen (secondary N) is 1. The lowest BCUT2D eigenvalue weighted by Crippen LogP contribution is -2.48. The lowest BCUT2D eigenvalue weighted by molar-refractivity contribution is 0.0627. The molecule has 3 aromatic rings. The number of piperazine rings is 1. The first-order chi connectivity index (χ1) is 14.7. The number of amides is 1. The van der Waals surface area contributed by atoms with Crippen molar-refractivity contribution in [2.45, 2.75) is 20.4 Å². The van der Waals surface area contributed by atoms with Crippen LogP contribution in [0.2, 0.25) is 0 Å². The van der Waals surface area contributed by atoms with Gasteiger partial charge in [0.2, 0.25) is 0 Å². The van der Waals surface area contributed by atoms with Crippen LogP contribution in [0.25, 0.3) is 0 Å². The number of pyridine rings is 1. The van der Waals surface area contributed by atoms with Crippen molar-refractivity contribution in [2.24, 2.45) is 0 Å². The summed E-state index contributed by atoms with van der Waals surface area (Å²) in [6.07, 6.45) is 1.77. The Morgan fingerprint density at radius 2 is 1.80 bits per heavy atom. The van der Waals surface area contributed by atoms with Crippen LogP contribution in [-0.4, -0.2) is 51.9 Å². The Labute approximate surface area is 190 Å². The summed E-state index contributed by atoms with van der Waals surface area (Å²) in [4.78, 5) is 25.8. The minimum atomic E-state index is 0.110. The van der Waals surface area contributed by atoms with Crippen LogP contribution in [0.15, 0.2) is 58.5 Å². The van der Waals surface area contributed by atoms with Gasteiger partial charge in [-0.15, -0.1) is 0 Å². The molecule has 1 aliphatic heterocycles. The monoisotopic (exact) mass is 487 g/mol. The molecule has 1 N–H and O–H groups in total. The van der Waals surface area contributed by atoms with E-state index in [1.165, 1.54) is 11.3 Å². The molecule has 1 aromatic carbocycles. The van der Waals surface area contributed by atoms with Gasteiger partial charge in [0.1, 0.15) is 5.82 Å².